The number of hydrogen-bond donors (Lipinski definition) is 0. The fraction of sp³-hybridized carbons (Fsp3) is 1.00. The summed E-state index contributed by atoms with van der Waals surface area (Å²) in [6, 6.07) is 0. The first-order valence-corrected chi connectivity index (χ1v) is 4.13. The second-order valence-corrected chi connectivity index (χ2v) is 4.32. The maximum Gasteiger partial charge on any atom is 0.484 e. The van der Waals surface area contributed by atoms with Crippen molar-refractivity contribution in [3.63, 3.8) is 0 Å². The molecule has 0 saturated heterocycles. The van der Waals surface area contributed by atoms with Crippen LogP contribution in [0, 0.1) is 5.41 Å². The molecular formula is C7H11BF3-. The van der Waals surface area contributed by atoms with Crippen LogP contribution in [0.5, 0.6) is 0 Å². The van der Waals surface area contributed by atoms with E-state index in [0.717, 1.165) is 6.42 Å². The van der Waals surface area contributed by atoms with E-state index < -0.39 is 12.3 Å². The maximum absolute atomic E-state index is 12.3. The van der Waals surface area contributed by atoms with Crippen molar-refractivity contribution in [3.05, 3.63) is 0 Å². The lowest BCUT2D eigenvalue weighted by Crippen LogP contribution is -2.64. The van der Waals surface area contributed by atoms with E-state index in [2.05, 4.69) is 0 Å². The fourth-order valence-corrected chi connectivity index (χ4v) is 2.81. The van der Waals surface area contributed by atoms with Gasteiger partial charge in [0.1, 0.15) is 0 Å². The second kappa shape index (κ2) is 1.62. The molecule has 3 rings (SSSR count). The molecule has 4 heteroatoms. The molecule has 0 atom stereocenters. The molecule has 0 spiro atoms. The zero-order valence-electron chi connectivity index (χ0n) is 6.54. The third kappa shape index (κ3) is 0.682. The molecule has 0 aromatic carbocycles. The number of halogens is 3. The molecule has 0 aliphatic heterocycles. The Hall–Kier alpha value is -0.145. The van der Waals surface area contributed by atoms with Gasteiger partial charge in [0.2, 0.25) is 0 Å². The van der Waals surface area contributed by atoms with Gasteiger partial charge in [0.25, 0.3) is 0 Å². The Morgan fingerprint density at radius 3 is 1.91 bits per heavy atom. The van der Waals surface area contributed by atoms with Crippen LogP contribution in [0.4, 0.5) is 12.9 Å². The largest absolute Gasteiger partial charge is 0.484 e. The summed E-state index contributed by atoms with van der Waals surface area (Å²) in [5.41, 5.74) is 0.122. The standard InChI is InChI=1S/C7H11BF3/c1-2-6-3-7(4-6,5-6)8(9,10)11/h2-5H2,1H3/q-1. The number of hydrogen-bond acceptors (Lipinski definition) is 0. The highest BCUT2D eigenvalue weighted by Gasteiger charge is 2.72. The quantitative estimate of drug-likeness (QED) is 0.548. The molecule has 11 heavy (non-hydrogen) atoms. The van der Waals surface area contributed by atoms with Gasteiger partial charge in [0.15, 0.2) is 0 Å². The van der Waals surface area contributed by atoms with Gasteiger partial charge in [-0.15, -0.1) is 0 Å². The van der Waals surface area contributed by atoms with E-state index >= 15 is 0 Å². The minimum atomic E-state index is -4.54. The number of rotatable bonds is 2. The topological polar surface area (TPSA) is 0 Å². The Bertz CT molecular complexity index is 177. The summed E-state index contributed by atoms with van der Waals surface area (Å²) >= 11 is 0. The Balaban J connectivity index is 2.04. The van der Waals surface area contributed by atoms with Gasteiger partial charge in [-0.3, -0.25) is 0 Å². The summed E-state index contributed by atoms with van der Waals surface area (Å²) in [4.78, 5) is 0. The highest BCUT2D eigenvalue weighted by atomic mass is 19.4. The van der Waals surface area contributed by atoms with Gasteiger partial charge in [-0.25, -0.2) is 0 Å². The molecular weight excluding hydrogens is 152 g/mol. The van der Waals surface area contributed by atoms with Crippen LogP contribution in [-0.4, -0.2) is 6.98 Å². The SMILES string of the molecule is CCC12CC([B-](F)(F)F)(C1)C2. The molecule has 0 heterocycles. The van der Waals surface area contributed by atoms with E-state index in [1.165, 1.54) is 0 Å². The van der Waals surface area contributed by atoms with Gasteiger partial charge in [-0.1, -0.05) is 37.9 Å². The van der Waals surface area contributed by atoms with Crippen molar-refractivity contribution in [1.82, 2.24) is 0 Å². The summed E-state index contributed by atoms with van der Waals surface area (Å²) in [5, 5.41) is -1.17. The van der Waals surface area contributed by atoms with Gasteiger partial charge in [0.05, 0.1) is 0 Å². The van der Waals surface area contributed by atoms with Crippen molar-refractivity contribution < 1.29 is 12.9 Å². The zero-order chi connectivity index (χ0) is 8.33. The molecule has 0 unspecified atom stereocenters. The maximum atomic E-state index is 12.3. The molecule has 3 aliphatic carbocycles. The summed E-state index contributed by atoms with van der Waals surface area (Å²) in [6.07, 6.45) is 2.22. The third-order valence-corrected chi connectivity index (χ3v) is 3.63. The first kappa shape index (κ1) is 7.50. The van der Waals surface area contributed by atoms with Crippen molar-refractivity contribution in [2.45, 2.75) is 37.9 Å². The van der Waals surface area contributed by atoms with Crippen LogP contribution < -0.4 is 0 Å². The Morgan fingerprint density at radius 2 is 1.64 bits per heavy atom. The Morgan fingerprint density at radius 1 is 1.18 bits per heavy atom. The first-order valence-electron chi connectivity index (χ1n) is 4.13. The van der Waals surface area contributed by atoms with Crippen molar-refractivity contribution in [2.75, 3.05) is 0 Å². The molecule has 0 nitrogen and oxygen atoms in total. The van der Waals surface area contributed by atoms with Crippen LogP contribution >= 0.6 is 0 Å². The summed E-state index contributed by atoms with van der Waals surface area (Å²) in [5.74, 6) is 0. The average Bonchev–Trinajstić information content (AvgIpc) is 1.53. The Kier molecular flexibility index (Phi) is 1.10. The molecule has 3 saturated carbocycles. The van der Waals surface area contributed by atoms with Crippen LogP contribution in [0.1, 0.15) is 32.6 Å². The van der Waals surface area contributed by atoms with Crippen LogP contribution in [0.2, 0.25) is 5.31 Å². The molecule has 0 N–H and O–H groups in total. The van der Waals surface area contributed by atoms with Gasteiger partial charge in [0, 0.05) is 0 Å². The summed E-state index contributed by atoms with van der Waals surface area (Å²) in [6.45, 7) is -2.55. The van der Waals surface area contributed by atoms with E-state index in [9.17, 15) is 12.9 Å². The molecule has 0 aromatic rings. The van der Waals surface area contributed by atoms with E-state index in [0.29, 0.717) is 19.3 Å². The predicted molar refractivity (Wildman–Crippen MR) is 38.3 cm³/mol. The molecule has 64 valence electrons. The highest BCUT2D eigenvalue weighted by molar-refractivity contribution is 6.63. The monoisotopic (exact) mass is 163 g/mol. The van der Waals surface area contributed by atoms with E-state index in [1.807, 2.05) is 6.92 Å². The average molecular weight is 163 g/mol. The fourth-order valence-electron chi connectivity index (χ4n) is 2.81. The molecule has 3 aliphatic rings. The lowest BCUT2D eigenvalue weighted by molar-refractivity contribution is -0.114. The first-order chi connectivity index (χ1) is 4.93. The third-order valence-electron chi connectivity index (χ3n) is 3.63. The zero-order valence-corrected chi connectivity index (χ0v) is 6.54. The van der Waals surface area contributed by atoms with Crippen molar-refractivity contribution in [2.24, 2.45) is 5.41 Å². The predicted octanol–water partition coefficient (Wildman–Crippen LogP) is 3.17. The minimum Gasteiger partial charge on any atom is -0.449 e. The molecule has 3 fully saturated rings. The normalized spacial score (nSPS) is 48.0. The van der Waals surface area contributed by atoms with Crippen LogP contribution in [-0.2, 0) is 0 Å². The van der Waals surface area contributed by atoms with Crippen molar-refractivity contribution in [3.8, 4) is 0 Å². The summed E-state index contributed by atoms with van der Waals surface area (Å²) < 4.78 is 36.9. The lowest BCUT2D eigenvalue weighted by atomic mass is 9.24. The second-order valence-electron chi connectivity index (χ2n) is 4.32. The highest BCUT2D eigenvalue weighted by Crippen LogP contribution is 2.83. The van der Waals surface area contributed by atoms with Gasteiger partial charge in [-0.2, -0.15) is 0 Å². The van der Waals surface area contributed by atoms with Gasteiger partial charge < -0.3 is 12.9 Å². The van der Waals surface area contributed by atoms with E-state index in [-0.39, 0.29) is 5.41 Å². The van der Waals surface area contributed by atoms with Gasteiger partial charge >= 0.3 is 6.98 Å². The van der Waals surface area contributed by atoms with Crippen LogP contribution in [0.3, 0.4) is 0 Å². The smallest absolute Gasteiger partial charge is 0.449 e. The van der Waals surface area contributed by atoms with Crippen molar-refractivity contribution >= 4 is 6.98 Å². The van der Waals surface area contributed by atoms with E-state index in [1.54, 1.807) is 0 Å². The molecule has 0 radical (unpaired) electrons. The molecule has 0 aromatic heterocycles. The van der Waals surface area contributed by atoms with Crippen molar-refractivity contribution in [1.29, 1.82) is 0 Å². The Labute approximate surface area is 64.2 Å². The van der Waals surface area contributed by atoms with Crippen LogP contribution in [0.15, 0.2) is 0 Å². The van der Waals surface area contributed by atoms with Crippen LogP contribution in [0.25, 0.3) is 0 Å². The van der Waals surface area contributed by atoms with Gasteiger partial charge in [-0.05, 0) is 5.41 Å². The molecule has 0 amide bonds. The summed E-state index contributed by atoms with van der Waals surface area (Å²) in [7, 11) is 0. The van der Waals surface area contributed by atoms with E-state index in [4.69, 9.17) is 0 Å². The lowest BCUT2D eigenvalue weighted by Gasteiger charge is -2.75. The minimum absolute atomic E-state index is 0.122. The molecule has 2 bridgehead atoms.